The molecule has 0 aliphatic heterocycles. The summed E-state index contributed by atoms with van der Waals surface area (Å²) in [6, 6.07) is 0.303. The molecule has 0 unspecified atom stereocenters. The highest BCUT2D eigenvalue weighted by Gasteiger charge is 2.43. The number of carboxylic acids is 1. The maximum absolute atomic E-state index is 12.5. The van der Waals surface area contributed by atoms with Crippen molar-refractivity contribution in [3.8, 4) is 0 Å². The predicted octanol–water partition coefficient (Wildman–Crippen LogP) is 3.00. The largest absolute Gasteiger partial charge is 0.478 e. The van der Waals surface area contributed by atoms with Crippen LogP contribution in [0.3, 0.4) is 0 Å². The molecule has 0 fully saturated rings. The van der Waals surface area contributed by atoms with Crippen molar-refractivity contribution in [2.45, 2.75) is 12.4 Å². The molecule has 100 valence electrons. The lowest BCUT2D eigenvalue weighted by Crippen LogP contribution is -2.20. The van der Waals surface area contributed by atoms with Crippen molar-refractivity contribution >= 4 is 11.7 Å². The average molecular weight is 273 g/mol. The molecule has 0 radical (unpaired) electrons. The number of aromatic carboxylic acids is 1. The second-order valence-corrected chi connectivity index (χ2v) is 3.29. The van der Waals surface area contributed by atoms with Gasteiger partial charge >= 0.3 is 18.3 Å². The lowest BCUT2D eigenvalue weighted by Gasteiger charge is -2.16. The number of nitrogen functional groups attached to an aromatic ring is 1. The zero-order chi connectivity index (χ0) is 14.3. The molecule has 1 aromatic carbocycles. The van der Waals surface area contributed by atoms with Gasteiger partial charge in [0.05, 0.1) is 16.7 Å². The summed E-state index contributed by atoms with van der Waals surface area (Å²) in [5, 5.41) is 8.52. The minimum atomic E-state index is -5.25. The Morgan fingerprint density at radius 3 is 1.56 bits per heavy atom. The molecule has 0 aliphatic carbocycles. The summed E-state index contributed by atoms with van der Waals surface area (Å²) in [6.07, 6.45) is -10.5. The van der Waals surface area contributed by atoms with Crippen molar-refractivity contribution in [3.63, 3.8) is 0 Å². The van der Waals surface area contributed by atoms with E-state index in [0.29, 0.717) is 0 Å². The third-order valence-corrected chi connectivity index (χ3v) is 1.99. The van der Waals surface area contributed by atoms with Gasteiger partial charge in [0.15, 0.2) is 0 Å². The summed E-state index contributed by atoms with van der Waals surface area (Å²) in [4.78, 5) is 10.6. The highest BCUT2D eigenvalue weighted by molar-refractivity contribution is 5.92. The SMILES string of the molecule is Nc1cc(C(F)(F)F)c(C(=O)O)c(C(F)(F)F)c1. The number of alkyl halides is 6. The minimum absolute atomic E-state index is 0.151. The Bertz CT molecular complexity index is 456. The van der Waals surface area contributed by atoms with E-state index in [4.69, 9.17) is 10.8 Å². The van der Waals surface area contributed by atoms with Crippen LogP contribution < -0.4 is 5.73 Å². The maximum atomic E-state index is 12.5. The molecule has 0 aliphatic rings. The van der Waals surface area contributed by atoms with Gasteiger partial charge in [-0.05, 0) is 12.1 Å². The molecular formula is C9H5F6NO2. The molecule has 0 bridgehead atoms. The first kappa shape index (κ1) is 14.1. The van der Waals surface area contributed by atoms with Crippen LogP contribution in [0.15, 0.2) is 12.1 Å². The van der Waals surface area contributed by atoms with Gasteiger partial charge in [-0.1, -0.05) is 0 Å². The van der Waals surface area contributed by atoms with Crippen LogP contribution in [-0.4, -0.2) is 11.1 Å². The van der Waals surface area contributed by atoms with E-state index in [0.717, 1.165) is 0 Å². The Morgan fingerprint density at radius 1 is 1.00 bits per heavy atom. The molecule has 3 nitrogen and oxygen atoms in total. The highest BCUT2D eigenvalue weighted by Crippen LogP contribution is 2.40. The molecule has 0 aromatic heterocycles. The normalized spacial score (nSPS) is 12.6. The Kier molecular flexibility index (Phi) is 3.20. The first-order chi connectivity index (χ1) is 7.94. The van der Waals surface area contributed by atoms with Crippen LogP contribution in [0.5, 0.6) is 0 Å². The Morgan fingerprint density at radius 2 is 1.33 bits per heavy atom. The van der Waals surface area contributed by atoms with Crippen LogP contribution >= 0.6 is 0 Å². The number of hydrogen-bond acceptors (Lipinski definition) is 2. The molecule has 0 saturated carbocycles. The molecule has 0 atom stereocenters. The third kappa shape index (κ3) is 2.66. The number of carbonyl (C=O) groups is 1. The van der Waals surface area contributed by atoms with Crippen molar-refractivity contribution in [2.24, 2.45) is 0 Å². The Hall–Kier alpha value is -1.93. The molecule has 0 spiro atoms. The van der Waals surface area contributed by atoms with Gasteiger partial charge in [0.1, 0.15) is 0 Å². The highest BCUT2D eigenvalue weighted by atomic mass is 19.4. The molecule has 18 heavy (non-hydrogen) atoms. The maximum Gasteiger partial charge on any atom is 0.417 e. The van der Waals surface area contributed by atoms with Crippen LogP contribution in [0.4, 0.5) is 32.0 Å². The van der Waals surface area contributed by atoms with Crippen LogP contribution in [0, 0.1) is 0 Å². The number of benzene rings is 1. The fourth-order valence-corrected chi connectivity index (χ4v) is 1.34. The zero-order valence-corrected chi connectivity index (χ0v) is 8.36. The summed E-state index contributed by atoms with van der Waals surface area (Å²) in [5.74, 6) is -2.32. The summed E-state index contributed by atoms with van der Waals surface area (Å²) in [7, 11) is 0. The van der Waals surface area contributed by atoms with Gasteiger partial charge in [0, 0.05) is 5.69 Å². The first-order valence-electron chi connectivity index (χ1n) is 4.26. The van der Waals surface area contributed by atoms with Crippen LogP contribution in [-0.2, 0) is 12.4 Å². The summed E-state index contributed by atoms with van der Waals surface area (Å²) < 4.78 is 74.8. The number of rotatable bonds is 1. The van der Waals surface area contributed by atoms with Gasteiger partial charge in [-0.3, -0.25) is 0 Å². The second-order valence-electron chi connectivity index (χ2n) is 3.29. The molecule has 1 aromatic rings. The second kappa shape index (κ2) is 4.07. The van der Waals surface area contributed by atoms with Crippen molar-refractivity contribution < 1.29 is 36.2 Å². The van der Waals surface area contributed by atoms with E-state index in [1.807, 2.05) is 0 Å². The van der Waals surface area contributed by atoms with E-state index in [2.05, 4.69) is 0 Å². The Labute approximate surface area is 95.8 Å². The van der Waals surface area contributed by atoms with E-state index in [1.165, 1.54) is 0 Å². The number of anilines is 1. The lowest BCUT2D eigenvalue weighted by molar-refractivity contribution is -0.143. The fourth-order valence-electron chi connectivity index (χ4n) is 1.34. The molecule has 3 N–H and O–H groups in total. The first-order valence-corrected chi connectivity index (χ1v) is 4.26. The molecule has 9 heteroatoms. The van der Waals surface area contributed by atoms with Crippen molar-refractivity contribution in [1.82, 2.24) is 0 Å². The number of carboxylic acid groups (broad SMARTS) is 1. The summed E-state index contributed by atoms with van der Waals surface area (Å²) in [6.45, 7) is 0. The van der Waals surface area contributed by atoms with Gasteiger partial charge < -0.3 is 10.8 Å². The molecule has 0 saturated heterocycles. The average Bonchev–Trinajstić information content (AvgIpc) is 2.12. The van der Waals surface area contributed by atoms with Gasteiger partial charge in [0.2, 0.25) is 0 Å². The standard InChI is InChI=1S/C9H5F6NO2/c10-8(11,12)4-1-3(16)2-5(9(13,14)15)6(4)7(17)18/h1-2H,16H2,(H,17,18). The third-order valence-electron chi connectivity index (χ3n) is 1.99. The smallest absolute Gasteiger partial charge is 0.417 e. The van der Waals surface area contributed by atoms with Gasteiger partial charge in [-0.25, -0.2) is 4.79 Å². The van der Waals surface area contributed by atoms with Crippen molar-refractivity contribution in [2.75, 3.05) is 5.73 Å². The number of halogens is 6. The van der Waals surface area contributed by atoms with Crippen molar-refractivity contribution in [3.05, 3.63) is 28.8 Å². The topological polar surface area (TPSA) is 63.3 Å². The Balaban J connectivity index is 3.74. The van der Waals surface area contributed by atoms with E-state index >= 15 is 0 Å². The van der Waals surface area contributed by atoms with Gasteiger partial charge in [0.25, 0.3) is 0 Å². The molecule has 0 amide bonds. The molecule has 0 heterocycles. The predicted molar refractivity (Wildman–Crippen MR) is 47.8 cm³/mol. The summed E-state index contributed by atoms with van der Waals surface area (Å²) in [5.41, 5.74) is -1.60. The fraction of sp³-hybridized carbons (Fsp3) is 0.222. The van der Waals surface area contributed by atoms with E-state index in [-0.39, 0.29) is 12.1 Å². The zero-order valence-electron chi connectivity index (χ0n) is 8.36. The molecular weight excluding hydrogens is 268 g/mol. The van der Waals surface area contributed by atoms with Gasteiger partial charge in [-0.2, -0.15) is 26.3 Å². The summed E-state index contributed by atoms with van der Waals surface area (Å²) >= 11 is 0. The minimum Gasteiger partial charge on any atom is -0.478 e. The lowest BCUT2D eigenvalue weighted by atomic mass is 9.99. The van der Waals surface area contributed by atoms with Crippen LogP contribution in [0.25, 0.3) is 0 Å². The van der Waals surface area contributed by atoms with Crippen LogP contribution in [0.1, 0.15) is 21.5 Å². The van der Waals surface area contributed by atoms with Crippen LogP contribution in [0.2, 0.25) is 0 Å². The van der Waals surface area contributed by atoms with E-state index in [1.54, 1.807) is 0 Å². The van der Waals surface area contributed by atoms with E-state index < -0.39 is 40.7 Å². The quantitative estimate of drug-likeness (QED) is 0.610. The van der Waals surface area contributed by atoms with Gasteiger partial charge in [-0.15, -0.1) is 0 Å². The van der Waals surface area contributed by atoms with E-state index in [9.17, 15) is 31.1 Å². The molecule has 1 rings (SSSR count). The monoisotopic (exact) mass is 273 g/mol. The number of nitrogens with two attached hydrogens (primary N) is 1. The van der Waals surface area contributed by atoms with Crippen molar-refractivity contribution in [1.29, 1.82) is 0 Å². The number of hydrogen-bond donors (Lipinski definition) is 2.